The molecule has 0 aromatic carbocycles. The van der Waals surface area contributed by atoms with Crippen LogP contribution in [0.2, 0.25) is 0 Å². The molecule has 0 spiro atoms. The average Bonchev–Trinajstić information content (AvgIpc) is 1.96. The van der Waals surface area contributed by atoms with Gasteiger partial charge in [-0.1, -0.05) is 356 Å². The number of unbranched alkanes of at least 4 members (excludes halogenated alkanes) is 49. The maximum Gasteiger partial charge on any atom is 0.472 e. The highest BCUT2D eigenvalue weighted by Crippen LogP contribution is 2.45. The summed E-state index contributed by atoms with van der Waals surface area (Å²) in [5.41, 5.74) is 0. The molecule has 0 aliphatic heterocycles. The number of esters is 4. The van der Waals surface area contributed by atoms with E-state index in [2.05, 4.69) is 34.6 Å². The minimum absolute atomic E-state index is 0.104. The lowest BCUT2D eigenvalue weighted by Crippen LogP contribution is -2.30. The summed E-state index contributed by atoms with van der Waals surface area (Å²) in [6.07, 6.45) is 60.1. The second kappa shape index (κ2) is 70.1. The number of phosphoric acid groups is 2. The van der Waals surface area contributed by atoms with E-state index in [1.165, 1.54) is 218 Å². The van der Waals surface area contributed by atoms with E-state index < -0.39 is 97.5 Å². The zero-order chi connectivity index (χ0) is 70.5. The minimum atomic E-state index is -4.96. The van der Waals surface area contributed by atoms with E-state index >= 15 is 0 Å². The molecule has 0 saturated carbocycles. The molecule has 0 radical (unpaired) electrons. The van der Waals surface area contributed by atoms with Gasteiger partial charge in [0.1, 0.15) is 19.3 Å². The van der Waals surface area contributed by atoms with Crippen molar-refractivity contribution in [1.29, 1.82) is 0 Å². The van der Waals surface area contributed by atoms with E-state index in [4.69, 9.17) is 37.0 Å². The number of hydrogen-bond donors (Lipinski definition) is 3. The summed E-state index contributed by atoms with van der Waals surface area (Å²) in [7, 11) is -9.90. The van der Waals surface area contributed by atoms with Crippen molar-refractivity contribution in [3.63, 3.8) is 0 Å². The first-order valence-electron chi connectivity index (χ1n) is 40.1. The Morgan fingerprint density at radius 1 is 0.281 bits per heavy atom. The molecule has 570 valence electrons. The number of phosphoric ester groups is 2. The maximum atomic E-state index is 13.1. The lowest BCUT2D eigenvalue weighted by Gasteiger charge is -2.21. The van der Waals surface area contributed by atoms with Gasteiger partial charge in [-0.2, -0.15) is 0 Å². The summed E-state index contributed by atoms with van der Waals surface area (Å²) in [4.78, 5) is 72.6. The maximum absolute atomic E-state index is 13.1. The number of carbonyl (C=O) groups excluding carboxylic acids is 4. The highest BCUT2D eigenvalue weighted by atomic mass is 31.2. The Morgan fingerprint density at radius 2 is 0.479 bits per heavy atom. The van der Waals surface area contributed by atoms with E-state index in [9.17, 15) is 43.2 Å². The molecule has 0 aliphatic rings. The van der Waals surface area contributed by atoms with E-state index in [1.54, 1.807) is 0 Å². The highest BCUT2D eigenvalue weighted by Gasteiger charge is 2.30. The van der Waals surface area contributed by atoms with Gasteiger partial charge in [0.2, 0.25) is 0 Å². The minimum Gasteiger partial charge on any atom is -0.462 e. The summed E-state index contributed by atoms with van der Waals surface area (Å²) in [5, 5.41) is 10.6. The van der Waals surface area contributed by atoms with Gasteiger partial charge < -0.3 is 33.8 Å². The molecule has 0 aromatic heterocycles. The van der Waals surface area contributed by atoms with Crippen molar-refractivity contribution in [2.45, 2.75) is 425 Å². The molecule has 0 fully saturated rings. The quantitative estimate of drug-likeness (QED) is 0.0222. The lowest BCUT2D eigenvalue weighted by atomic mass is 10.0. The Labute approximate surface area is 588 Å². The fourth-order valence-corrected chi connectivity index (χ4v) is 13.5. The molecule has 2 unspecified atom stereocenters. The number of carbonyl (C=O) groups is 4. The Kier molecular flexibility index (Phi) is 68.7. The first-order valence-corrected chi connectivity index (χ1v) is 43.1. The summed E-state index contributed by atoms with van der Waals surface area (Å²) in [6, 6.07) is 0. The van der Waals surface area contributed by atoms with Crippen LogP contribution in [-0.2, 0) is 65.4 Å². The molecule has 5 atom stereocenters. The summed E-state index contributed by atoms with van der Waals surface area (Å²) in [5.74, 6) is -1.43. The Hall–Kier alpha value is -1.94. The highest BCUT2D eigenvalue weighted by molar-refractivity contribution is 7.47. The summed E-state index contributed by atoms with van der Waals surface area (Å²) >= 11 is 0. The van der Waals surface area contributed by atoms with Crippen LogP contribution in [0.4, 0.5) is 0 Å². The molecule has 19 heteroatoms. The van der Waals surface area contributed by atoms with Crippen LogP contribution in [0.25, 0.3) is 0 Å². The van der Waals surface area contributed by atoms with E-state index in [0.29, 0.717) is 31.6 Å². The van der Waals surface area contributed by atoms with E-state index in [1.807, 2.05) is 0 Å². The van der Waals surface area contributed by atoms with Gasteiger partial charge in [-0.05, 0) is 31.6 Å². The molecule has 0 heterocycles. The molecule has 0 saturated heterocycles. The van der Waals surface area contributed by atoms with Crippen molar-refractivity contribution in [2.75, 3.05) is 39.6 Å². The zero-order valence-corrected chi connectivity index (χ0v) is 64.3. The predicted octanol–water partition coefficient (Wildman–Crippen LogP) is 22.9. The normalized spacial score (nSPS) is 13.9. The smallest absolute Gasteiger partial charge is 0.462 e. The van der Waals surface area contributed by atoms with Gasteiger partial charge in [-0.15, -0.1) is 0 Å². The van der Waals surface area contributed by atoms with Gasteiger partial charge in [-0.3, -0.25) is 37.3 Å². The number of hydrogen-bond acceptors (Lipinski definition) is 15. The summed E-state index contributed by atoms with van der Waals surface area (Å²) < 4.78 is 68.4. The molecule has 3 N–H and O–H groups in total. The van der Waals surface area contributed by atoms with Crippen molar-refractivity contribution >= 4 is 39.5 Å². The second-order valence-electron chi connectivity index (χ2n) is 28.2. The van der Waals surface area contributed by atoms with Gasteiger partial charge in [0.25, 0.3) is 0 Å². The van der Waals surface area contributed by atoms with Crippen LogP contribution in [0.15, 0.2) is 0 Å². The molecule has 17 nitrogen and oxygen atoms in total. The topological polar surface area (TPSA) is 237 Å². The van der Waals surface area contributed by atoms with Crippen molar-refractivity contribution in [1.82, 2.24) is 0 Å². The fraction of sp³-hybridized carbons (Fsp3) is 0.948. The molecular formula is C77H150O17P2. The van der Waals surface area contributed by atoms with Gasteiger partial charge in [-0.25, -0.2) is 9.13 Å². The molecule has 0 rings (SSSR count). The average molecular weight is 1410 g/mol. The third-order valence-electron chi connectivity index (χ3n) is 18.0. The molecule has 0 amide bonds. The fourth-order valence-electron chi connectivity index (χ4n) is 11.9. The van der Waals surface area contributed by atoms with Gasteiger partial charge in [0.15, 0.2) is 12.2 Å². The number of aliphatic hydroxyl groups excluding tert-OH is 1. The standard InChI is InChI=1S/C77H150O17P2/c1-6-9-12-15-18-20-22-24-26-28-30-32-34-36-38-40-42-47-52-57-62-76(81)93-73(67-88-75(80)61-56-51-46-41-39-37-35-33-31-29-27-25-23-21-19-16-13-10-7-2)69-92-96(85,86)90-65-71(78)64-89-95(83,84)91-68-72(66-87-74(79)60-55-50-44-17-14-11-8-3)94-77(82)63-58-53-48-43-45-49-54-59-70(4)5/h70-73,78H,6-69H2,1-5H3,(H,83,84)(H,85,86)/t71-,72+,73+/m0/s1. The van der Waals surface area contributed by atoms with Gasteiger partial charge >= 0.3 is 39.5 Å². The zero-order valence-electron chi connectivity index (χ0n) is 62.5. The van der Waals surface area contributed by atoms with Gasteiger partial charge in [0, 0.05) is 25.7 Å². The Morgan fingerprint density at radius 3 is 0.708 bits per heavy atom. The third kappa shape index (κ3) is 70.5. The van der Waals surface area contributed by atoms with Crippen LogP contribution < -0.4 is 0 Å². The van der Waals surface area contributed by atoms with E-state index in [0.717, 1.165) is 103 Å². The predicted molar refractivity (Wildman–Crippen MR) is 391 cm³/mol. The van der Waals surface area contributed by atoms with Crippen LogP contribution in [0.1, 0.15) is 407 Å². The lowest BCUT2D eigenvalue weighted by molar-refractivity contribution is -0.161. The largest absolute Gasteiger partial charge is 0.472 e. The van der Waals surface area contributed by atoms with Crippen molar-refractivity contribution in [3.05, 3.63) is 0 Å². The molecule has 0 aliphatic carbocycles. The third-order valence-corrected chi connectivity index (χ3v) is 19.9. The first-order chi connectivity index (χ1) is 46.5. The Bertz CT molecular complexity index is 1840. The summed E-state index contributed by atoms with van der Waals surface area (Å²) in [6.45, 7) is 7.18. The number of rotatable bonds is 77. The van der Waals surface area contributed by atoms with Gasteiger partial charge in [0.05, 0.1) is 26.4 Å². The van der Waals surface area contributed by atoms with Crippen molar-refractivity contribution in [2.24, 2.45) is 5.92 Å². The molecule has 0 aromatic rings. The van der Waals surface area contributed by atoms with Crippen molar-refractivity contribution in [3.8, 4) is 0 Å². The van der Waals surface area contributed by atoms with Crippen LogP contribution in [0.3, 0.4) is 0 Å². The van der Waals surface area contributed by atoms with Crippen LogP contribution >= 0.6 is 15.6 Å². The Balaban J connectivity index is 5.15. The molecule has 96 heavy (non-hydrogen) atoms. The van der Waals surface area contributed by atoms with Crippen LogP contribution in [-0.4, -0.2) is 96.7 Å². The molecule has 0 bridgehead atoms. The molecular weight excluding hydrogens is 1260 g/mol. The number of ether oxygens (including phenoxy) is 4. The first kappa shape index (κ1) is 94.1. The monoisotopic (exact) mass is 1410 g/mol. The number of aliphatic hydroxyl groups is 1. The second-order valence-corrected chi connectivity index (χ2v) is 31.1. The van der Waals surface area contributed by atoms with Crippen molar-refractivity contribution < 1.29 is 80.2 Å². The SMILES string of the molecule is CCCCCCCCCCCCCCCCCCCCCCC(=O)O[C@H](COC(=O)CCCCCCCCCCCCCCCCCCCCC)COP(=O)(O)OC[C@@H](O)COP(=O)(O)OC[C@@H](COC(=O)CCCCCCCCC)OC(=O)CCCCCCCCCC(C)C. The van der Waals surface area contributed by atoms with Crippen LogP contribution in [0.5, 0.6) is 0 Å². The van der Waals surface area contributed by atoms with E-state index in [-0.39, 0.29) is 25.7 Å². The van der Waals surface area contributed by atoms with Crippen LogP contribution in [0, 0.1) is 5.92 Å².